The van der Waals surface area contributed by atoms with Crippen LogP contribution in [0.5, 0.6) is 5.88 Å². The van der Waals surface area contributed by atoms with Crippen LogP contribution in [-0.2, 0) is 12.0 Å². The van der Waals surface area contributed by atoms with E-state index in [1.807, 2.05) is 12.1 Å². The SMILES string of the molecule is COc1nc(C(C)(C)C)ccc1CN.Cl. The number of ether oxygens (including phenoxy) is 1. The van der Waals surface area contributed by atoms with Crippen LogP contribution in [0, 0.1) is 0 Å². The van der Waals surface area contributed by atoms with Gasteiger partial charge in [0.05, 0.1) is 7.11 Å². The lowest BCUT2D eigenvalue weighted by molar-refractivity contribution is 0.386. The van der Waals surface area contributed by atoms with Crippen molar-refractivity contribution < 1.29 is 4.74 Å². The molecule has 0 spiro atoms. The van der Waals surface area contributed by atoms with Gasteiger partial charge in [-0.15, -0.1) is 12.4 Å². The minimum absolute atomic E-state index is 0. The second-order valence-electron chi connectivity index (χ2n) is 4.32. The van der Waals surface area contributed by atoms with Gasteiger partial charge in [0.25, 0.3) is 0 Å². The van der Waals surface area contributed by atoms with Crippen LogP contribution in [0.1, 0.15) is 32.0 Å². The molecule has 1 aromatic heterocycles. The molecule has 0 saturated carbocycles. The molecule has 0 amide bonds. The van der Waals surface area contributed by atoms with Crippen LogP contribution in [0.25, 0.3) is 0 Å². The van der Waals surface area contributed by atoms with Crippen molar-refractivity contribution in [2.45, 2.75) is 32.7 Å². The lowest BCUT2D eigenvalue weighted by atomic mass is 9.91. The van der Waals surface area contributed by atoms with Crippen molar-refractivity contribution in [2.24, 2.45) is 5.73 Å². The summed E-state index contributed by atoms with van der Waals surface area (Å²) in [6.45, 7) is 6.82. The van der Waals surface area contributed by atoms with Crippen LogP contribution < -0.4 is 10.5 Å². The second kappa shape index (κ2) is 5.33. The van der Waals surface area contributed by atoms with Crippen molar-refractivity contribution in [3.63, 3.8) is 0 Å². The molecule has 1 rings (SSSR count). The second-order valence-corrected chi connectivity index (χ2v) is 4.32. The highest BCUT2D eigenvalue weighted by atomic mass is 35.5. The van der Waals surface area contributed by atoms with Crippen molar-refractivity contribution >= 4 is 12.4 Å². The van der Waals surface area contributed by atoms with Gasteiger partial charge in [0.2, 0.25) is 5.88 Å². The van der Waals surface area contributed by atoms with Gasteiger partial charge in [0.1, 0.15) is 0 Å². The zero-order chi connectivity index (χ0) is 10.8. The Morgan fingerprint density at radius 1 is 1.33 bits per heavy atom. The normalized spacial score (nSPS) is 10.7. The molecule has 0 aromatic carbocycles. The molecule has 0 aliphatic carbocycles. The van der Waals surface area contributed by atoms with Gasteiger partial charge in [-0.2, -0.15) is 0 Å². The van der Waals surface area contributed by atoms with Gasteiger partial charge in [-0.05, 0) is 6.07 Å². The van der Waals surface area contributed by atoms with Gasteiger partial charge in [-0.25, -0.2) is 4.98 Å². The topological polar surface area (TPSA) is 48.1 Å². The van der Waals surface area contributed by atoms with Gasteiger partial charge in [-0.1, -0.05) is 26.8 Å². The average molecular weight is 231 g/mol. The van der Waals surface area contributed by atoms with E-state index in [2.05, 4.69) is 25.8 Å². The maximum absolute atomic E-state index is 5.57. The first-order chi connectivity index (χ1) is 6.49. The molecular weight excluding hydrogens is 212 g/mol. The summed E-state index contributed by atoms with van der Waals surface area (Å²) in [6, 6.07) is 3.98. The maximum atomic E-state index is 5.57. The molecule has 0 bridgehead atoms. The van der Waals surface area contributed by atoms with E-state index in [0.717, 1.165) is 11.3 Å². The smallest absolute Gasteiger partial charge is 0.217 e. The fraction of sp³-hybridized carbons (Fsp3) is 0.545. The largest absolute Gasteiger partial charge is 0.481 e. The Kier molecular flexibility index (Phi) is 5.05. The highest BCUT2D eigenvalue weighted by molar-refractivity contribution is 5.85. The molecule has 1 aromatic rings. The number of methoxy groups -OCH3 is 1. The summed E-state index contributed by atoms with van der Waals surface area (Å²) >= 11 is 0. The molecular formula is C11H19ClN2O. The van der Waals surface area contributed by atoms with Crippen molar-refractivity contribution in [3.05, 3.63) is 23.4 Å². The lowest BCUT2D eigenvalue weighted by Crippen LogP contribution is -2.15. The molecule has 0 fully saturated rings. The average Bonchev–Trinajstić information content (AvgIpc) is 2.15. The molecule has 0 atom stereocenters. The quantitative estimate of drug-likeness (QED) is 0.848. The highest BCUT2D eigenvalue weighted by Crippen LogP contribution is 2.24. The van der Waals surface area contributed by atoms with Gasteiger partial charge < -0.3 is 10.5 Å². The minimum Gasteiger partial charge on any atom is -0.481 e. The summed E-state index contributed by atoms with van der Waals surface area (Å²) in [7, 11) is 1.62. The molecule has 1 heterocycles. The Balaban J connectivity index is 0.00000196. The Morgan fingerprint density at radius 2 is 1.93 bits per heavy atom. The third-order valence-corrected chi connectivity index (χ3v) is 2.12. The number of aromatic nitrogens is 1. The zero-order valence-corrected chi connectivity index (χ0v) is 10.5. The van der Waals surface area contributed by atoms with E-state index in [1.54, 1.807) is 7.11 Å². The van der Waals surface area contributed by atoms with E-state index < -0.39 is 0 Å². The number of halogens is 1. The van der Waals surface area contributed by atoms with E-state index in [4.69, 9.17) is 10.5 Å². The number of hydrogen-bond donors (Lipinski definition) is 1. The van der Waals surface area contributed by atoms with Crippen LogP contribution in [-0.4, -0.2) is 12.1 Å². The van der Waals surface area contributed by atoms with E-state index in [-0.39, 0.29) is 17.8 Å². The van der Waals surface area contributed by atoms with E-state index in [0.29, 0.717) is 12.4 Å². The molecule has 2 N–H and O–H groups in total. The molecule has 15 heavy (non-hydrogen) atoms. The maximum Gasteiger partial charge on any atom is 0.217 e. The van der Waals surface area contributed by atoms with Crippen molar-refractivity contribution in [1.82, 2.24) is 4.98 Å². The standard InChI is InChI=1S/C11H18N2O.ClH/c1-11(2,3)9-6-5-8(7-12)10(13-9)14-4;/h5-6H,7,12H2,1-4H3;1H. The van der Waals surface area contributed by atoms with Crippen molar-refractivity contribution in [2.75, 3.05) is 7.11 Å². The summed E-state index contributed by atoms with van der Waals surface area (Å²) in [5.74, 6) is 0.639. The van der Waals surface area contributed by atoms with Crippen LogP contribution in [0.4, 0.5) is 0 Å². The summed E-state index contributed by atoms with van der Waals surface area (Å²) in [6.07, 6.45) is 0. The molecule has 0 radical (unpaired) electrons. The van der Waals surface area contributed by atoms with Crippen molar-refractivity contribution in [1.29, 1.82) is 0 Å². The number of rotatable bonds is 2. The highest BCUT2D eigenvalue weighted by Gasteiger charge is 2.17. The van der Waals surface area contributed by atoms with E-state index in [9.17, 15) is 0 Å². The Labute approximate surface area is 97.4 Å². The zero-order valence-electron chi connectivity index (χ0n) is 9.70. The molecule has 0 unspecified atom stereocenters. The number of hydrogen-bond acceptors (Lipinski definition) is 3. The lowest BCUT2D eigenvalue weighted by Gasteiger charge is -2.19. The van der Waals surface area contributed by atoms with Gasteiger partial charge in [0.15, 0.2) is 0 Å². The molecule has 86 valence electrons. The molecule has 3 nitrogen and oxygen atoms in total. The number of nitrogens with zero attached hydrogens (tertiary/aromatic N) is 1. The molecule has 0 saturated heterocycles. The number of nitrogens with two attached hydrogens (primary N) is 1. The third-order valence-electron chi connectivity index (χ3n) is 2.12. The van der Waals surface area contributed by atoms with Crippen molar-refractivity contribution in [3.8, 4) is 5.88 Å². The summed E-state index contributed by atoms with van der Waals surface area (Å²) in [5.41, 5.74) is 7.57. The van der Waals surface area contributed by atoms with E-state index in [1.165, 1.54) is 0 Å². The summed E-state index contributed by atoms with van der Waals surface area (Å²) in [5, 5.41) is 0. The van der Waals surface area contributed by atoms with E-state index >= 15 is 0 Å². The predicted octanol–water partition coefficient (Wildman–Crippen LogP) is 2.27. The molecule has 4 heteroatoms. The Bertz CT molecular complexity index is 321. The van der Waals surface area contributed by atoms with Gasteiger partial charge in [0, 0.05) is 23.2 Å². The first-order valence-electron chi connectivity index (χ1n) is 4.73. The minimum atomic E-state index is 0. The fourth-order valence-electron chi connectivity index (χ4n) is 1.22. The number of pyridine rings is 1. The van der Waals surface area contributed by atoms with Crippen LogP contribution >= 0.6 is 12.4 Å². The fourth-order valence-corrected chi connectivity index (χ4v) is 1.22. The summed E-state index contributed by atoms with van der Waals surface area (Å²) in [4.78, 5) is 4.43. The van der Waals surface area contributed by atoms with Crippen LogP contribution in [0.2, 0.25) is 0 Å². The Morgan fingerprint density at radius 3 is 2.33 bits per heavy atom. The Hall–Kier alpha value is -0.800. The van der Waals surface area contributed by atoms with Crippen LogP contribution in [0.3, 0.4) is 0 Å². The van der Waals surface area contributed by atoms with Crippen LogP contribution in [0.15, 0.2) is 12.1 Å². The first-order valence-corrected chi connectivity index (χ1v) is 4.73. The predicted molar refractivity (Wildman–Crippen MR) is 64.6 cm³/mol. The third kappa shape index (κ3) is 3.36. The first kappa shape index (κ1) is 14.2. The molecule has 0 aliphatic heterocycles. The monoisotopic (exact) mass is 230 g/mol. The molecule has 0 aliphatic rings. The summed E-state index contributed by atoms with van der Waals surface area (Å²) < 4.78 is 5.18. The van der Waals surface area contributed by atoms with Gasteiger partial charge in [-0.3, -0.25) is 0 Å². The van der Waals surface area contributed by atoms with Gasteiger partial charge >= 0.3 is 0 Å².